The van der Waals surface area contributed by atoms with E-state index in [4.69, 9.17) is 10.5 Å². The molecule has 7 rings (SSSR count). The lowest BCUT2D eigenvalue weighted by molar-refractivity contribution is -0.146. The van der Waals surface area contributed by atoms with Crippen molar-refractivity contribution in [3.8, 4) is 0 Å². The van der Waals surface area contributed by atoms with Gasteiger partial charge in [-0.05, 0) is 105 Å². The number of piperazine rings is 1. The highest BCUT2D eigenvalue weighted by Gasteiger charge is 2.48. The second-order valence-electron chi connectivity index (χ2n) is 20.1. The molecule has 7 atom stereocenters. The van der Waals surface area contributed by atoms with Crippen LogP contribution in [0, 0.1) is 11.2 Å². The fourth-order valence-electron chi connectivity index (χ4n) is 9.72. The number of nitrogens with two attached hydrogens (primary N) is 1. The average Bonchev–Trinajstić information content (AvgIpc) is 3.59. The molecule has 0 saturated carbocycles. The summed E-state index contributed by atoms with van der Waals surface area (Å²) in [6.45, 7) is 18.2. The minimum atomic E-state index is -1.16. The summed E-state index contributed by atoms with van der Waals surface area (Å²) in [7, 11) is 1.66. The molecule has 0 radical (unpaired) electrons. The molecule has 5 amide bonds. The molecule has 0 aromatic heterocycles. The van der Waals surface area contributed by atoms with E-state index in [9.17, 15) is 28.4 Å². The molecular formula is C50H68FN9O6. The summed E-state index contributed by atoms with van der Waals surface area (Å²) in [5.74, 6) is -2.17. The SMILES string of the molecule is CN[C@@H](C)C(=O)N[C@H](C(=O)N1Cc2cc(NC(=O)C3(C)CN(C(=O)CN4C[C@@H](C)NC[C@@H]4CN4CCOC[C@H]4C)c4cc(Cc5ccc(F)cc5)ccc43)ccc2C[C@H]1C(N)=O)C(C)(C)C. The zero-order chi connectivity index (χ0) is 47.7. The van der Waals surface area contributed by atoms with Crippen LogP contribution in [0.1, 0.15) is 76.3 Å². The molecule has 0 bridgehead atoms. The molecule has 6 N–H and O–H groups in total. The first-order chi connectivity index (χ1) is 31.2. The van der Waals surface area contributed by atoms with E-state index in [0.717, 1.165) is 41.9 Å². The zero-order valence-electron chi connectivity index (χ0n) is 39.7. The lowest BCUT2D eigenvalue weighted by atomic mass is 9.82. The fourth-order valence-corrected chi connectivity index (χ4v) is 9.72. The Bertz CT molecular complexity index is 2300. The number of anilines is 2. The highest BCUT2D eigenvalue weighted by atomic mass is 19.1. The quantitative estimate of drug-likeness (QED) is 0.171. The molecule has 16 heteroatoms. The molecule has 0 aliphatic carbocycles. The third-order valence-corrected chi connectivity index (χ3v) is 14.0. The number of nitrogens with zero attached hydrogens (tertiary/aromatic N) is 4. The van der Waals surface area contributed by atoms with Crippen LogP contribution in [0.2, 0.25) is 0 Å². The predicted molar refractivity (Wildman–Crippen MR) is 252 cm³/mol. The Morgan fingerprint density at radius 1 is 0.985 bits per heavy atom. The van der Waals surface area contributed by atoms with Crippen molar-refractivity contribution in [1.29, 1.82) is 0 Å². The van der Waals surface area contributed by atoms with Gasteiger partial charge in [0.2, 0.25) is 29.5 Å². The third kappa shape index (κ3) is 10.6. The standard InChI is InChI=1S/C50H68FN9O6/c1-30-24-58(39(23-54-30)26-57-17-18-66-28-31(57)2)27-43(61)60-29-50(7,40-16-11-34(20-41(40)60)19-33-9-13-37(51)14-10-33)48(65)55-38-15-12-35-22-42(45(52)62)59(25-36(35)21-38)47(64)44(49(4,5)6)56-46(63)32(3)53-8/h9-16,20-21,30-32,39,42,44,53-54H,17-19,22-29H2,1-8H3,(H2,52,62)(H,55,65)(H,56,63)/t30-,31-,32+,39-,42+,44-,50?/m1/s1. The van der Waals surface area contributed by atoms with Gasteiger partial charge in [-0.2, -0.15) is 0 Å². The number of halogens is 1. The summed E-state index contributed by atoms with van der Waals surface area (Å²) in [5.41, 5.74) is 9.30. The third-order valence-electron chi connectivity index (χ3n) is 14.0. The molecule has 66 heavy (non-hydrogen) atoms. The second-order valence-corrected chi connectivity index (χ2v) is 20.1. The molecule has 15 nitrogen and oxygen atoms in total. The van der Waals surface area contributed by atoms with Gasteiger partial charge < -0.3 is 41.5 Å². The Hall–Kier alpha value is -5.26. The van der Waals surface area contributed by atoms with E-state index in [1.807, 2.05) is 58.0 Å². The van der Waals surface area contributed by atoms with Crippen LogP contribution in [-0.2, 0) is 53.5 Å². The molecule has 4 aliphatic rings. The molecule has 2 saturated heterocycles. The first kappa shape index (κ1) is 48.7. The van der Waals surface area contributed by atoms with Crippen molar-refractivity contribution >= 4 is 40.9 Å². The summed E-state index contributed by atoms with van der Waals surface area (Å²) < 4.78 is 19.5. The predicted octanol–water partition coefficient (Wildman–Crippen LogP) is 2.92. The van der Waals surface area contributed by atoms with Gasteiger partial charge in [0.05, 0.1) is 31.2 Å². The fraction of sp³-hybridized carbons (Fsp3) is 0.540. The van der Waals surface area contributed by atoms with Gasteiger partial charge in [-0.25, -0.2) is 4.39 Å². The molecule has 4 heterocycles. The summed E-state index contributed by atoms with van der Waals surface area (Å²) in [5, 5.41) is 12.5. The Morgan fingerprint density at radius 2 is 1.71 bits per heavy atom. The number of carbonyl (C=O) groups is 5. The maximum atomic E-state index is 14.8. The van der Waals surface area contributed by atoms with Gasteiger partial charge in [-0.1, -0.05) is 51.1 Å². The van der Waals surface area contributed by atoms with Crippen molar-refractivity contribution in [3.63, 3.8) is 0 Å². The maximum Gasteiger partial charge on any atom is 0.246 e. The largest absolute Gasteiger partial charge is 0.379 e. The number of ether oxygens (including phenoxy) is 1. The molecule has 4 aliphatic heterocycles. The van der Waals surface area contributed by atoms with E-state index < -0.39 is 40.8 Å². The Morgan fingerprint density at radius 3 is 2.39 bits per heavy atom. The molecule has 356 valence electrons. The average molecular weight is 910 g/mol. The number of rotatable bonds is 13. The zero-order valence-corrected chi connectivity index (χ0v) is 39.7. The van der Waals surface area contributed by atoms with E-state index in [2.05, 4.69) is 44.9 Å². The number of primary amides is 1. The van der Waals surface area contributed by atoms with E-state index >= 15 is 0 Å². The highest BCUT2D eigenvalue weighted by molar-refractivity contribution is 6.07. The van der Waals surface area contributed by atoms with Gasteiger partial charge in [0, 0.05) is 75.2 Å². The minimum Gasteiger partial charge on any atom is -0.379 e. The number of nitrogens with one attached hydrogen (secondary N) is 4. The van der Waals surface area contributed by atoms with Gasteiger partial charge in [0.25, 0.3) is 0 Å². The Labute approximate surface area is 388 Å². The summed E-state index contributed by atoms with van der Waals surface area (Å²) in [6.07, 6.45) is 0.680. The minimum absolute atomic E-state index is 0.0325. The second kappa shape index (κ2) is 19.9. The van der Waals surface area contributed by atoms with Crippen LogP contribution in [-0.4, -0.2) is 140 Å². The summed E-state index contributed by atoms with van der Waals surface area (Å²) in [4.78, 5) is 77.7. The first-order valence-corrected chi connectivity index (χ1v) is 23.2. The van der Waals surface area contributed by atoms with Gasteiger partial charge >= 0.3 is 0 Å². The Balaban J connectivity index is 1.15. The number of morpholine rings is 1. The number of fused-ring (bicyclic) bond motifs is 2. The lowest BCUT2D eigenvalue weighted by Gasteiger charge is -2.43. The molecular weight excluding hydrogens is 842 g/mol. The van der Waals surface area contributed by atoms with Crippen molar-refractivity contribution in [2.75, 3.05) is 69.7 Å². The number of likely N-dealkylation sites (N-methyl/N-ethyl adjacent to an activating group) is 1. The topological polar surface area (TPSA) is 182 Å². The van der Waals surface area contributed by atoms with Crippen molar-refractivity contribution < 1.29 is 33.1 Å². The van der Waals surface area contributed by atoms with E-state index in [0.29, 0.717) is 43.1 Å². The molecule has 0 spiro atoms. The van der Waals surface area contributed by atoms with E-state index in [-0.39, 0.29) is 67.7 Å². The Kier molecular flexibility index (Phi) is 14.7. The van der Waals surface area contributed by atoms with Gasteiger partial charge in [-0.15, -0.1) is 0 Å². The normalized spacial score (nSPS) is 24.5. The smallest absolute Gasteiger partial charge is 0.246 e. The van der Waals surface area contributed by atoms with Crippen molar-refractivity contribution in [3.05, 3.63) is 94.3 Å². The van der Waals surface area contributed by atoms with Gasteiger partial charge in [0.1, 0.15) is 17.9 Å². The van der Waals surface area contributed by atoms with Gasteiger partial charge in [0.15, 0.2) is 0 Å². The van der Waals surface area contributed by atoms with Crippen molar-refractivity contribution in [2.24, 2.45) is 11.1 Å². The van der Waals surface area contributed by atoms with Crippen LogP contribution in [0.25, 0.3) is 0 Å². The number of hydrogen-bond acceptors (Lipinski definition) is 10. The van der Waals surface area contributed by atoms with Crippen LogP contribution in [0.4, 0.5) is 15.8 Å². The number of carbonyl (C=O) groups excluding carboxylic acids is 5. The highest BCUT2D eigenvalue weighted by Crippen LogP contribution is 2.43. The van der Waals surface area contributed by atoms with E-state index in [1.54, 1.807) is 37.1 Å². The van der Waals surface area contributed by atoms with Crippen molar-refractivity contribution in [2.45, 2.75) is 110 Å². The number of benzene rings is 3. The van der Waals surface area contributed by atoms with Crippen LogP contribution < -0.4 is 31.9 Å². The summed E-state index contributed by atoms with van der Waals surface area (Å²) in [6, 6.07) is 15.8. The monoisotopic (exact) mass is 910 g/mol. The molecule has 2 fully saturated rings. The number of hydrogen-bond donors (Lipinski definition) is 5. The number of amides is 5. The van der Waals surface area contributed by atoms with Crippen LogP contribution >= 0.6 is 0 Å². The van der Waals surface area contributed by atoms with Crippen LogP contribution in [0.15, 0.2) is 60.7 Å². The van der Waals surface area contributed by atoms with Crippen LogP contribution in [0.5, 0.6) is 0 Å². The lowest BCUT2D eigenvalue weighted by Crippen LogP contribution is -2.62. The van der Waals surface area contributed by atoms with E-state index in [1.165, 1.54) is 17.0 Å². The first-order valence-electron chi connectivity index (χ1n) is 23.2. The molecule has 3 aromatic carbocycles. The van der Waals surface area contributed by atoms with Gasteiger partial charge in [-0.3, -0.25) is 33.8 Å². The van der Waals surface area contributed by atoms with Crippen molar-refractivity contribution in [1.82, 2.24) is 30.7 Å². The van der Waals surface area contributed by atoms with Crippen LogP contribution in [0.3, 0.4) is 0 Å². The summed E-state index contributed by atoms with van der Waals surface area (Å²) >= 11 is 0. The molecule has 3 aromatic rings. The molecule has 1 unspecified atom stereocenters. The maximum absolute atomic E-state index is 14.8.